The van der Waals surface area contributed by atoms with Crippen molar-refractivity contribution in [1.82, 2.24) is 9.80 Å². The van der Waals surface area contributed by atoms with Gasteiger partial charge in [-0.1, -0.05) is 12.8 Å². The van der Waals surface area contributed by atoms with E-state index in [1.54, 1.807) is 0 Å². The summed E-state index contributed by atoms with van der Waals surface area (Å²) in [5.41, 5.74) is 0. The van der Waals surface area contributed by atoms with Gasteiger partial charge in [-0.3, -0.25) is 19.3 Å². The molecule has 1 saturated heterocycles. The molecule has 0 N–H and O–H groups in total. The smallest absolute Gasteiger partial charge is 0.233 e. The van der Waals surface area contributed by atoms with Gasteiger partial charge in [0.15, 0.2) is 0 Å². The van der Waals surface area contributed by atoms with Crippen LogP contribution in [0.4, 0.5) is 0 Å². The van der Waals surface area contributed by atoms with Crippen molar-refractivity contribution in [3.63, 3.8) is 0 Å². The monoisotopic (exact) mass is 372 g/mol. The molecule has 6 fully saturated rings. The zero-order valence-electron chi connectivity index (χ0n) is 16.4. The summed E-state index contributed by atoms with van der Waals surface area (Å²) in [4.78, 5) is 41.6. The topological polar surface area (TPSA) is 57.7 Å². The lowest BCUT2D eigenvalue weighted by Crippen LogP contribution is -2.56. The molecule has 1 heterocycles. The number of rotatable bonds is 4. The van der Waals surface area contributed by atoms with E-state index in [4.69, 9.17) is 0 Å². The molecule has 6 rings (SSSR count). The molecule has 0 aromatic carbocycles. The first kappa shape index (κ1) is 17.7. The largest absolute Gasteiger partial charge is 0.342 e. The van der Waals surface area contributed by atoms with Crippen LogP contribution in [-0.4, -0.2) is 47.2 Å². The maximum Gasteiger partial charge on any atom is 0.233 e. The molecule has 3 amide bonds. The molecule has 6 aliphatic rings. The number of hydrogen-bond donors (Lipinski definition) is 0. The number of likely N-dealkylation sites (tertiary alicyclic amines) is 1. The summed E-state index contributed by atoms with van der Waals surface area (Å²) in [7, 11) is 1.96. The number of imide groups is 1. The van der Waals surface area contributed by atoms with Crippen LogP contribution in [0.5, 0.6) is 0 Å². The first-order valence-electron chi connectivity index (χ1n) is 11.1. The van der Waals surface area contributed by atoms with Gasteiger partial charge < -0.3 is 4.90 Å². The van der Waals surface area contributed by atoms with E-state index in [0.717, 1.165) is 37.5 Å². The number of hydrogen-bond acceptors (Lipinski definition) is 3. The third kappa shape index (κ3) is 2.84. The van der Waals surface area contributed by atoms with Crippen LogP contribution < -0.4 is 0 Å². The van der Waals surface area contributed by atoms with Gasteiger partial charge in [0.05, 0.1) is 11.8 Å². The number of amides is 3. The molecule has 5 heteroatoms. The van der Waals surface area contributed by atoms with E-state index in [9.17, 15) is 14.4 Å². The van der Waals surface area contributed by atoms with Crippen molar-refractivity contribution >= 4 is 17.7 Å². The Morgan fingerprint density at radius 1 is 0.926 bits per heavy atom. The van der Waals surface area contributed by atoms with Crippen molar-refractivity contribution in [2.45, 2.75) is 70.3 Å². The van der Waals surface area contributed by atoms with Gasteiger partial charge in [0.2, 0.25) is 17.7 Å². The maximum atomic E-state index is 12.9. The molecule has 148 valence electrons. The minimum Gasteiger partial charge on any atom is -0.342 e. The Labute approximate surface area is 161 Å². The maximum absolute atomic E-state index is 12.9. The molecule has 0 radical (unpaired) electrons. The molecule has 0 aromatic heterocycles. The zero-order valence-corrected chi connectivity index (χ0v) is 16.4. The fourth-order valence-corrected chi connectivity index (χ4v) is 7.53. The highest BCUT2D eigenvalue weighted by Crippen LogP contribution is 2.55. The van der Waals surface area contributed by atoms with Crippen molar-refractivity contribution in [2.24, 2.45) is 35.5 Å². The predicted octanol–water partition coefficient (Wildman–Crippen LogP) is 2.83. The summed E-state index contributed by atoms with van der Waals surface area (Å²) < 4.78 is 0. The Hall–Kier alpha value is -1.39. The van der Waals surface area contributed by atoms with Crippen molar-refractivity contribution in [1.29, 1.82) is 0 Å². The Bertz CT molecular complexity index is 608. The molecule has 5 nitrogen and oxygen atoms in total. The molecule has 1 aliphatic heterocycles. The van der Waals surface area contributed by atoms with E-state index >= 15 is 0 Å². The summed E-state index contributed by atoms with van der Waals surface area (Å²) in [5.74, 6) is 3.01. The highest BCUT2D eigenvalue weighted by molar-refractivity contribution is 6.05. The predicted molar refractivity (Wildman–Crippen MR) is 100 cm³/mol. The van der Waals surface area contributed by atoms with Crippen LogP contribution in [0.3, 0.4) is 0 Å². The lowest BCUT2D eigenvalue weighted by Gasteiger charge is -2.56. The van der Waals surface area contributed by atoms with Crippen LogP contribution in [0.1, 0.15) is 64.2 Å². The lowest BCUT2D eigenvalue weighted by molar-refractivity contribution is -0.144. The van der Waals surface area contributed by atoms with Gasteiger partial charge in [0, 0.05) is 26.1 Å². The lowest BCUT2D eigenvalue weighted by atomic mass is 9.54. The summed E-state index contributed by atoms with van der Waals surface area (Å²) in [5, 5.41) is 0. The molecule has 2 atom stereocenters. The van der Waals surface area contributed by atoms with E-state index in [2.05, 4.69) is 0 Å². The first-order chi connectivity index (χ1) is 13.0. The van der Waals surface area contributed by atoms with Crippen molar-refractivity contribution in [2.75, 3.05) is 13.6 Å². The number of nitrogens with zero attached hydrogens (tertiary/aromatic N) is 2. The Balaban J connectivity index is 1.21. The molecule has 27 heavy (non-hydrogen) atoms. The quantitative estimate of drug-likeness (QED) is 0.713. The summed E-state index contributed by atoms with van der Waals surface area (Å²) in [6.45, 7) is 0.279. The summed E-state index contributed by atoms with van der Waals surface area (Å²) >= 11 is 0. The minimum atomic E-state index is -0.108. The number of carbonyl (C=O) groups excluding carboxylic acids is 3. The SMILES string of the molecule is CN(C(=O)CCN1C(=O)C2CCCCC2C1=O)C1C2CC3CC(C2)CC1C3. The zero-order chi connectivity index (χ0) is 18.7. The normalized spacial score (nSPS) is 42.6. The summed E-state index contributed by atoms with van der Waals surface area (Å²) in [6, 6.07) is 0.387. The second-order valence-corrected chi connectivity index (χ2v) is 10.0. The van der Waals surface area contributed by atoms with Crippen LogP contribution in [0.15, 0.2) is 0 Å². The molecular formula is C22H32N2O3. The summed E-state index contributed by atoms with van der Waals surface area (Å²) in [6.07, 6.45) is 10.6. The van der Waals surface area contributed by atoms with Gasteiger partial charge in [-0.05, 0) is 68.6 Å². The van der Waals surface area contributed by atoms with Gasteiger partial charge in [-0.15, -0.1) is 0 Å². The van der Waals surface area contributed by atoms with Crippen LogP contribution in [0.2, 0.25) is 0 Å². The van der Waals surface area contributed by atoms with E-state index in [1.165, 1.54) is 37.0 Å². The van der Waals surface area contributed by atoms with Crippen molar-refractivity contribution in [3.05, 3.63) is 0 Å². The molecule has 0 spiro atoms. The van der Waals surface area contributed by atoms with E-state index in [-0.39, 0.29) is 42.5 Å². The number of fused-ring (bicyclic) bond motifs is 1. The Morgan fingerprint density at radius 3 is 1.96 bits per heavy atom. The van der Waals surface area contributed by atoms with E-state index in [0.29, 0.717) is 17.9 Å². The minimum absolute atomic E-state index is 0.0187. The van der Waals surface area contributed by atoms with Crippen LogP contribution in [-0.2, 0) is 14.4 Å². The molecule has 4 bridgehead atoms. The standard InChI is InChI=1S/C22H32N2O3/c1-23(20-15-9-13-8-14(11-15)12-16(20)10-13)19(25)6-7-24-21(26)17-4-2-3-5-18(17)22(24)27/h13-18,20H,2-12H2,1H3. The molecular weight excluding hydrogens is 340 g/mol. The fourth-order valence-electron chi connectivity index (χ4n) is 7.53. The second-order valence-electron chi connectivity index (χ2n) is 10.0. The first-order valence-corrected chi connectivity index (χ1v) is 11.1. The highest BCUT2D eigenvalue weighted by atomic mass is 16.2. The van der Waals surface area contributed by atoms with Crippen LogP contribution >= 0.6 is 0 Å². The van der Waals surface area contributed by atoms with Crippen molar-refractivity contribution < 1.29 is 14.4 Å². The van der Waals surface area contributed by atoms with E-state index < -0.39 is 0 Å². The van der Waals surface area contributed by atoms with Gasteiger partial charge >= 0.3 is 0 Å². The van der Waals surface area contributed by atoms with Crippen LogP contribution in [0.25, 0.3) is 0 Å². The molecule has 5 aliphatic carbocycles. The third-order valence-corrected chi connectivity index (χ3v) is 8.50. The average Bonchev–Trinajstić information content (AvgIpc) is 2.89. The average molecular weight is 373 g/mol. The van der Waals surface area contributed by atoms with Gasteiger partial charge in [-0.2, -0.15) is 0 Å². The van der Waals surface area contributed by atoms with Crippen molar-refractivity contribution in [3.8, 4) is 0 Å². The molecule has 5 saturated carbocycles. The van der Waals surface area contributed by atoms with Gasteiger partial charge in [0.1, 0.15) is 0 Å². The fraction of sp³-hybridized carbons (Fsp3) is 0.864. The Kier molecular flexibility index (Phi) is 4.32. The van der Waals surface area contributed by atoms with Gasteiger partial charge in [0.25, 0.3) is 0 Å². The van der Waals surface area contributed by atoms with E-state index in [1.807, 2.05) is 11.9 Å². The van der Waals surface area contributed by atoms with Crippen LogP contribution in [0, 0.1) is 35.5 Å². The number of carbonyl (C=O) groups is 3. The third-order valence-electron chi connectivity index (χ3n) is 8.50. The highest BCUT2D eigenvalue weighted by Gasteiger charge is 2.51. The van der Waals surface area contributed by atoms with Gasteiger partial charge in [-0.25, -0.2) is 0 Å². The molecule has 0 aromatic rings. The molecule has 2 unspecified atom stereocenters. The Morgan fingerprint density at radius 2 is 1.44 bits per heavy atom. The second kappa shape index (κ2) is 6.59.